The van der Waals surface area contributed by atoms with E-state index in [0.717, 1.165) is 31.7 Å². The molecule has 10 nitrogen and oxygen atoms in total. The normalized spacial score (nSPS) is 19.1. The number of carbonyl (C=O) groups is 1. The van der Waals surface area contributed by atoms with Crippen molar-refractivity contribution in [3.05, 3.63) is 71.4 Å². The third-order valence-electron chi connectivity index (χ3n) is 7.89. The zero-order valence-corrected chi connectivity index (χ0v) is 25.5. The summed E-state index contributed by atoms with van der Waals surface area (Å²) >= 11 is 0. The van der Waals surface area contributed by atoms with Crippen LogP contribution in [0.2, 0.25) is 0 Å². The van der Waals surface area contributed by atoms with E-state index in [2.05, 4.69) is 34.0 Å². The zero-order chi connectivity index (χ0) is 30.9. The maximum Gasteiger partial charge on any atom is 0.330 e. The molecule has 0 atom stereocenters. The Bertz CT molecular complexity index is 1580. The first-order valence-electron chi connectivity index (χ1n) is 14.3. The summed E-state index contributed by atoms with van der Waals surface area (Å²) in [6.45, 7) is 3.77. The Hall–Kier alpha value is -3.84. The number of fused-ring (bicyclic) bond motifs is 1. The van der Waals surface area contributed by atoms with Crippen molar-refractivity contribution in [3.8, 4) is 0 Å². The van der Waals surface area contributed by atoms with Gasteiger partial charge < -0.3 is 10.2 Å². The Morgan fingerprint density at radius 1 is 1.05 bits per heavy atom. The molecule has 13 heteroatoms. The molecule has 2 amide bonds. The second-order valence-corrected chi connectivity index (χ2v) is 13.4. The molecule has 1 aliphatic carbocycles. The molecule has 5 rings (SSSR count). The molecule has 1 saturated carbocycles. The number of anilines is 4. The van der Waals surface area contributed by atoms with Gasteiger partial charge in [0.2, 0.25) is 16.0 Å². The molecule has 0 saturated heterocycles. The number of amides is 2. The first kappa shape index (κ1) is 30.6. The van der Waals surface area contributed by atoms with Crippen LogP contribution >= 0.6 is 0 Å². The first-order valence-corrected chi connectivity index (χ1v) is 16.0. The zero-order valence-electron chi connectivity index (χ0n) is 24.7. The lowest BCUT2D eigenvalue weighted by atomic mass is 9.91. The van der Waals surface area contributed by atoms with Crippen LogP contribution in [-0.2, 0) is 22.3 Å². The van der Waals surface area contributed by atoms with E-state index >= 15 is 4.39 Å². The number of aromatic nitrogens is 2. The molecule has 1 fully saturated rings. The van der Waals surface area contributed by atoms with Crippen LogP contribution in [0.1, 0.15) is 50.7 Å². The summed E-state index contributed by atoms with van der Waals surface area (Å²) in [5, 5.41) is 3.43. The Kier molecular flexibility index (Phi) is 8.84. The monoisotopic (exact) mass is 613 g/mol. The van der Waals surface area contributed by atoms with Gasteiger partial charge in [0.25, 0.3) is 0 Å². The molecule has 2 heterocycles. The van der Waals surface area contributed by atoms with Crippen molar-refractivity contribution in [3.63, 3.8) is 0 Å². The largest absolute Gasteiger partial charge is 0.351 e. The summed E-state index contributed by atoms with van der Waals surface area (Å²) in [5.41, 5.74) is 1.06. The van der Waals surface area contributed by atoms with Gasteiger partial charge in [-0.1, -0.05) is 12.1 Å². The minimum absolute atomic E-state index is 0.00244. The SMILES string of the molecule is CC(C)N1C(=O)N(c2ccc(NS(=O)(=O)Cc3ccc(F)cc3)cc2F)Cc2cnc(NC3CCC(N(C)C)CC3)nc21. The van der Waals surface area contributed by atoms with Gasteiger partial charge in [0, 0.05) is 36.0 Å². The van der Waals surface area contributed by atoms with Crippen molar-refractivity contribution in [2.75, 3.05) is 33.9 Å². The number of nitrogens with zero attached hydrogens (tertiary/aromatic N) is 5. The molecule has 2 aromatic carbocycles. The summed E-state index contributed by atoms with van der Waals surface area (Å²) in [6, 6.07) is 9.00. The highest BCUT2D eigenvalue weighted by Gasteiger charge is 2.36. The van der Waals surface area contributed by atoms with Crippen molar-refractivity contribution < 1.29 is 22.0 Å². The van der Waals surface area contributed by atoms with Gasteiger partial charge in [-0.15, -0.1) is 0 Å². The predicted octanol–water partition coefficient (Wildman–Crippen LogP) is 5.34. The average molecular weight is 614 g/mol. The number of rotatable bonds is 9. The number of sulfonamides is 1. The van der Waals surface area contributed by atoms with E-state index in [1.165, 1.54) is 46.2 Å². The highest BCUT2D eigenvalue weighted by atomic mass is 32.2. The fourth-order valence-electron chi connectivity index (χ4n) is 5.62. The molecule has 2 aliphatic rings. The molecule has 0 radical (unpaired) electrons. The third kappa shape index (κ3) is 7.04. The van der Waals surface area contributed by atoms with Gasteiger partial charge in [0.05, 0.1) is 23.7 Å². The Morgan fingerprint density at radius 3 is 2.37 bits per heavy atom. The quantitative estimate of drug-likeness (QED) is 0.335. The number of nitrogens with one attached hydrogen (secondary N) is 2. The molecule has 1 aliphatic heterocycles. The molecule has 3 aromatic rings. The lowest BCUT2D eigenvalue weighted by Crippen LogP contribution is -2.51. The topological polar surface area (TPSA) is 111 Å². The van der Waals surface area contributed by atoms with Gasteiger partial charge >= 0.3 is 6.03 Å². The van der Waals surface area contributed by atoms with E-state index in [0.29, 0.717) is 28.9 Å². The van der Waals surface area contributed by atoms with Gasteiger partial charge in [0.15, 0.2) is 0 Å². The number of carbonyl (C=O) groups excluding carboxylic acids is 1. The summed E-state index contributed by atoms with van der Waals surface area (Å²) in [7, 11) is 0.305. The minimum atomic E-state index is -3.90. The van der Waals surface area contributed by atoms with Gasteiger partial charge in [-0.25, -0.2) is 27.0 Å². The smallest absolute Gasteiger partial charge is 0.330 e. The highest BCUT2D eigenvalue weighted by molar-refractivity contribution is 7.91. The number of halogens is 2. The minimum Gasteiger partial charge on any atom is -0.351 e. The Morgan fingerprint density at radius 2 is 1.74 bits per heavy atom. The fraction of sp³-hybridized carbons (Fsp3) is 0.433. The Labute approximate surface area is 251 Å². The van der Waals surface area contributed by atoms with Crippen LogP contribution in [0, 0.1) is 11.6 Å². The molecular weight excluding hydrogens is 576 g/mol. The third-order valence-corrected chi connectivity index (χ3v) is 9.15. The number of hydrogen-bond acceptors (Lipinski definition) is 7. The molecule has 0 spiro atoms. The summed E-state index contributed by atoms with van der Waals surface area (Å²) in [4.78, 5) is 28.0. The van der Waals surface area contributed by atoms with Crippen LogP contribution in [0.3, 0.4) is 0 Å². The van der Waals surface area contributed by atoms with E-state index in [9.17, 15) is 17.6 Å². The van der Waals surface area contributed by atoms with Gasteiger partial charge in [-0.2, -0.15) is 4.98 Å². The molecule has 230 valence electrons. The van der Waals surface area contributed by atoms with Crippen molar-refractivity contribution in [2.24, 2.45) is 0 Å². The first-order chi connectivity index (χ1) is 20.4. The summed E-state index contributed by atoms with van der Waals surface area (Å²) in [6.07, 6.45) is 5.84. The van der Waals surface area contributed by atoms with Crippen molar-refractivity contribution in [2.45, 2.75) is 70.0 Å². The van der Waals surface area contributed by atoms with E-state index in [4.69, 9.17) is 4.98 Å². The molecule has 2 N–H and O–H groups in total. The van der Waals surface area contributed by atoms with E-state index < -0.39 is 33.4 Å². The second kappa shape index (κ2) is 12.4. The fourth-order valence-corrected chi connectivity index (χ4v) is 6.81. The average Bonchev–Trinajstić information content (AvgIpc) is 2.94. The molecule has 0 unspecified atom stereocenters. The van der Waals surface area contributed by atoms with Crippen LogP contribution < -0.4 is 19.8 Å². The van der Waals surface area contributed by atoms with E-state index in [1.807, 2.05) is 13.8 Å². The summed E-state index contributed by atoms with van der Waals surface area (Å²) in [5.74, 6) is -0.701. The highest BCUT2D eigenvalue weighted by Crippen LogP contribution is 2.35. The van der Waals surface area contributed by atoms with Crippen LogP contribution in [0.15, 0.2) is 48.7 Å². The van der Waals surface area contributed by atoms with Crippen molar-refractivity contribution in [1.82, 2.24) is 14.9 Å². The Balaban J connectivity index is 1.32. The van der Waals surface area contributed by atoms with Crippen molar-refractivity contribution in [1.29, 1.82) is 0 Å². The maximum atomic E-state index is 15.4. The van der Waals surface area contributed by atoms with Crippen LogP contribution in [-0.4, -0.2) is 61.5 Å². The van der Waals surface area contributed by atoms with Crippen LogP contribution in [0.5, 0.6) is 0 Å². The van der Waals surface area contributed by atoms with Gasteiger partial charge in [-0.05, 0) is 83.5 Å². The van der Waals surface area contributed by atoms with Gasteiger partial charge in [0.1, 0.15) is 17.5 Å². The second-order valence-electron chi connectivity index (χ2n) is 11.6. The molecular formula is C30H37F2N7O3S. The lowest BCUT2D eigenvalue weighted by molar-refractivity contribution is 0.221. The molecule has 0 bridgehead atoms. The number of hydrogen-bond donors (Lipinski definition) is 2. The summed E-state index contributed by atoms with van der Waals surface area (Å²) < 4.78 is 56.2. The van der Waals surface area contributed by atoms with E-state index in [1.54, 1.807) is 6.20 Å². The molecule has 1 aromatic heterocycles. The predicted molar refractivity (Wildman–Crippen MR) is 164 cm³/mol. The van der Waals surface area contributed by atoms with Crippen LogP contribution in [0.25, 0.3) is 0 Å². The number of urea groups is 1. The van der Waals surface area contributed by atoms with Crippen LogP contribution in [0.4, 0.5) is 36.7 Å². The van der Waals surface area contributed by atoms with E-state index in [-0.39, 0.29) is 30.0 Å². The van der Waals surface area contributed by atoms with Gasteiger partial charge in [-0.3, -0.25) is 14.5 Å². The van der Waals surface area contributed by atoms with Crippen molar-refractivity contribution >= 4 is 39.2 Å². The maximum absolute atomic E-state index is 15.4. The standard InChI is InChI=1S/C30H37F2N7O3S/c1-19(2)39-28-21(16-33-29(35-28)34-23-9-12-25(13-10-23)37(3)4)17-38(30(39)40)27-14-11-24(15-26(27)32)36-43(41,42)18-20-5-7-22(31)8-6-20/h5-8,11,14-16,19,23,25,36H,9-10,12-13,17-18H2,1-4H3,(H,33,34,35). The molecule has 43 heavy (non-hydrogen) atoms. The number of benzene rings is 2. The lowest BCUT2D eigenvalue weighted by Gasteiger charge is -2.38.